The Hall–Kier alpha value is -1.51. The summed E-state index contributed by atoms with van der Waals surface area (Å²) in [5.74, 6) is 0.296. The van der Waals surface area contributed by atoms with E-state index in [4.69, 9.17) is 0 Å². The van der Waals surface area contributed by atoms with Gasteiger partial charge >= 0.3 is 0 Å². The van der Waals surface area contributed by atoms with Crippen LogP contribution in [-0.2, 0) is 11.3 Å². The molecule has 0 radical (unpaired) electrons. The number of nitrogens with one attached hydrogen (secondary N) is 1. The molecule has 1 aliphatic heterocycles. The fourth-order valence-electron chi connectivity index (χ4n) is 2.27. The number of nitrogens with zero attached hydrogens (tertiary/aromatic N) is 1. The molecule has 1 fully saturated rings. The van der Waals surface area contributed by atoms with Crippen molar-refractivity contribution in [2.24, 2.45) is 0 Å². The van der Waals surface area contributed by atoms with Crippen LogP contribution in [-0.4, -0.2) is 23.4 Å². The zero-order valence-electron chi connectivity index (χ0n) is 9.28. The minimum absolute atomic E-state index is 0.296. The highest BCUT2D eigenvalue weighted by Gasteiger charge is 2.33. The molecule has 3 rings (SSSR count). The third-order valence-electron chi connectivity index (χ3n) is 3.32. The molecule has 0 spiro atoms. The number of fused-ring (bicyclic) bond motifs is 1. The summed E-state index contributed by atoms with van der Waals surface area (Å²) in [6.45, 7) is 1.52. The highest BCUT2D eigenvalue weighted by atomic mass is 16.2. The van der Waals surface area contributed by atoms with Gasteiger partial charge in [0.15, 0.2) is 0 Å². The molecule has 1 heterocycles. The summed E-state index contributed by atoms with van der Waals surface area (Å²) >= 11 is 0. The van der Waals surface area contributed by atoms with Crippen LogP contribution in [0.1, 0.15) is 24.8 Å². The van der Waals surface area contributed by atoms with Crippen molar-refractivity contribution in [2.45, 2.75) is 31.8 Å². The van der Waals surface area contributed by atoms with Gasteiger partial charge in [-0.3, -0.25) is 4.79 Å². The summed E-state index contributed by atoms with van der Waals surface area (Å²) in [6.07, 6.45) is 2.98. The second-order valence-corrected chi connectivity index (χ2v) is 4.59. The molecule has 0 atom stereocenters. The van der Waals surface area contributed by atoms with Crippen LogP contribution in [0.15, 0.2) is 24.3 Å². The zero-order chi connectivity index (χ0) is 11.0. The molecule has 1 amide bonds. The van der Waals surface area contributed by atoms with E-state index in [0.717, 1.165) is 13.1 Å². The lowest BCUT2D eigenvalue weighted by atomic mass is 10.1. The number of anilines is 1. The fourth-order valence-corrected chi connectivity index (χ4v) is 2.27. The maximum atomic E-state index is 11.9. The van der Waals surface area contributed by atoms with Gasteiger partial charge in [0.1, 0.15) is 0 Å². The summed E-state index contributed by atoms with van der Waals surface area (Å²) in [7, 11) is 0. The average Bonchev–Trinajstić information content (AvgIpc) is 3.08. The van der Waals surface area contributed by atoms with E-state index in [-0.39, 0.29) is 0 Å². The Morgan fingerprint density at radius 3 is 2.88 bits per heavy atom. The quantitative estimate of drug-likeness (QED) is 0.778. The van der Waals surface area contributed by atoms with E-state index in [0.29, 0.717) is 18.4 Å². The maximum absolute atomic E-state index is 11.9. The fraction of sp³-hybridized carbons (Fsp3) is 0.462. The summed E-state index contributed by atoms with van der Waals surface area (Å²) in [6, 6.07) is 8.79. The van der Waals surface area contributed by atoms with E-state index in [9.17, 15) is 4.79 Å². The molecule has 1 N–H and O–H groups in total. The van der Waals surface area contributed by atoms with Crippen LogP contribution < -0.4 is 5.32 Å². The number of rotatable bonds is 1. The normalized spacial score (nSPS) is 20.8. The monoisotopic (exact) mass is 216 g/mol. The zero-order valence-corrected chi connectivity index (χ0v) is 9.28. The predicted molar refractivity (Wildman–Crippen MR) is 63.1 cm³/mol. The number of benzene rings is 1. The Morgan fingerprint density at radius 1 is 1.25 bits per heavy atom. The van der Waals surface area contributed by atoms with Gasteiger partial charge in [-0.15, -0.1) is 0 Å². The van der Waals surface area contributed by atoms with Crippen molar-refractivity contribution in [3.8, 4) is 0 Å². The number of carbonyl (C=O) groups is 1. The Kier molecular flexibility index (Phi) is 2.31. The van der Waals surface area contributed by atoms with Crippen LogP contribution in [0.3, 0.4) is 0 Å². The van der Waals surface area contributed by atoms with Crippen molar-refractivity contribution in [1.82, 2.24) is 4.90 Å². The first-order valence-electron chi connectivity index (χ1n) is 5.96. The number of para-hydroxylation sites is 1. The molecule has 3 heteroatoms. The van der Waals surface area contributed by atoms with Crippen molar-refractivity contribution in [1.29, 1.82) is 0 Å². The number of hydrogen-bond donors (Lipinski definition) is 1. The Labute approximate surface area is 95.4 Å². The molecule has 1 saturated carbocycles. The van der Waals surface area contributed by atoms with E-state index in [1.54, 1.807) is 0 Å². The third kappa shape index (κ3) is 1.77. The molecule has 0 unspecified atom stereocenters. The molecule has 84 valence electrons. The molecule has 2 aliphatic rings. The van der Waals surface area contributed by atoms with Gasteiger partial charge in [-0.1, -0.05) is 18.2 Å². The molecule has 16 heavy (non-hydrogen) atoms. The average molecular weight is 216 g/mol. The van der Waals surface area contributed by atoms with Crippen LogP contribution in [0.4, 0.5) is 5.69 Å². The van der Waals surface area contributed by atoms with E-state index in [1.807, 2.05) is 12.1 Å². The van der Waals surface area contributed by atoms with Crippen LogP contribution in [0, 0.1) is 0 Å². The van der Waals surface area contributed by atoms with Crippen molar-refractivity contribution in [3.05, 3.63) is 29.8 Å². The van der Waals surface area contributed by atoms with Crippen molar-refractivity contribution in [2.75, 3.05) is 11.9 Å². The van der Waals surface area contributed by atoms with Crippen molar-refractivity contribution in [3.63, 3.8) is 0 Å². The van der Waals surface area contributed by atoms with Gasteiger partial charge in [0, 0.05) is 31.2 Å². The number of amides is 1. The largest absolute Gasteiger partial charge is 0.384 e. The predicted octanol–water partition coefficient (Wildman–Crippen LogP) is 1.99. The van der Waals surface area contributed by atoms with Gasteiger partial charge in [0.2, 0.25) is 5.91 Å². The van der Waals surface area contributed by atoms with E-state index in [2.05, 4.69) is 22.3 Å². The van der Waals surface area contributed by atoms with Crippen LogP contribution in [0.25, 0.3) is 0 Å². The van der Waals surface area contributed by atoms with E-state index in [1.165, 1.54) is 24.1 Å². The molecular weight excluding hydrogens is 200 g/mol. The van der Waals surface area contributed by atoms with E-state index >= 15 is 0 Å². The smallest absolute Gasteiger partial charge is 0.224 e. The number of hydrogen-bond acceptors (Lipinski definition) is 2. The summed E-state index contributed by atoms with van der Waals surface area (Å²) < 4.78 is 0. The van der Waals surface area contributed by atoms with Crippen LogP contribution >= 0.6 is 0 Å². The van der Waals surface area contributed by atoms with Crippen molar-refractivity contribution >= 4 is 11.6 Å². The molecule has 1 aromatic rings. The molecule has 0 bridgehead atoms. The van der Waals surface area contributed by atoms with Gasteiger partial charge in [-0.25, -0.2) is 0 Å². The number of carbonyl (C=O) groups excluding carboxylic acids is 1. The summed E-state index contributed by atoms with van der Waals surface area (Å²) in [5.41, 5.74) is 2.42. The molecule has 1 aliphatic carbocycles. The van der Waals surface area contributed by atoms with Gasteiger partial charge < -0.3 is 10.2 Å². The van der Waals surface area contributed by atoms with Gasteiger partial charge in [0.25, 0.3) is 0 Å². The molecule has 0 saturated heterocycles. The van der Waals surface area contributed by atoms with Gasteiger partial charge in [0.05, 0.1) is 0 Å². The first-order valence-corrected chi connectivity index (χ1v) is 5.96. The Morgan fingerprint density at radius 2 is 2.06 bits per heavy atom. The topological polar surface area (TPSA) is 32.3 Å². The minimum atomic E-state index is 0.296. The Bertz CT molecular complexity index is 412. The molecule has 0 aromatic heterocycles. The summed E-state index contributed by atoms with van der Waals surface area (Å²) in [5, 5.41) is 3.33. The first-order chi connectivity index (χ1) is 7.84. The third-order valence-corrected chi connectivity index (χ3v) is 3.32. The van der Waals surface area contributed by atoms with Crippen LogP contribution in [0.2, 0.25) is 0 Å². The lowest BCUT2D eigenvalue weighted by Gasteiger charge is -2.26. The Balaban J connectivity index is 1.90. The molecule has 1 aromatic carbocycles. The lowest BCUT2D eigenvalue weighted by Crippen LogP contribution is -2.35. The highest BCUT2D eigenvalue weighted by molar-refractivity contribution is 5.78. The molecule has 3 nitrogen and oxygen atoms in total. The van der Waals surface area contributed by atoms with Gasteiger partial charge in [-0.05, 0) is 24.5 Å². The minimum Gasteiger partial charge on any atom is -0.384 e. The SMILES string of the molecule is O=C1CCNc2ccccc2CN1C1CC1. The lowest BCUT2D eigenvalue weighted by molar-refractivity contribution is -0.132. The van der Waals surface area contributed by atoms with Crippen LogP contribution in [0.5, 0.6) is 0 Å². The standard InChI is InChI=1S/C13H16N2O/c16-13-7-8-14-12-4-2-1-3-10(12)9-15(13)11-5-6-11/h1-4,11,14H,5-9H2. The van der Waals surface area contributed by atoms with E-state index < -0.39 is 0 Å². The summed E-state index contributed by atoms with van der Waals surface area (Å²) in [4.78, 5) is 14.0. The highest BCUT2D eigenvalue weighted by Crippen LogP contribution is 2.31. The second kappa shape index (κ2) is 3.81. The van der Waals surface area contributed by atoms with Crippen molar-refractivity contribution < 1.29 is 4.79 Å². The second-order valence-electron chi connectivity index (χ2n) is 4.59. The first kappa shape index (κ1) is 9.70. The van der Waals surface area contributed by atoms with Gasteiger partial charge in [-0.2, -0.15) is 0 Å². The maximum Gasteiger partial charge on any atom is 0.224 e. The molecular formula is C13H16N2O.